The van der Waals surface area contributed by atoms with Crippen molar-refractivity contribution in [1.29, 1.82) is 0 Å². The number of H-pyrrole nitrogens is 1. The van der Waals surface area contributed by atoms with Gasteiger partial charge in [0.1, 0.15) is 5.60 Å². The molecular weight excluding hydrogens is 266 g/mol. The minimum atomic E-state index is -0.442. The number of ether oxygens (including phenoxy) is 1. The van der Waals surface area contributed by atoms with Crippen molar-refractivity contribution in [3.8, 4) is 0 Å². The quantitative estimate of drug-likeness (QED) is 0.863. The van der Waals surface area contributed by atoms with E-state index in [0.29, 0.717) is 19.0 Å². The van der Waals surface area contributed by atoms with Crippen LogP contribution in [0.2, 0.25) is 0 Å². The smallest absolute Gasteiger partial charge is 0.410 e. The summed E-state index contributed by atoms with van der Waals surface area (Å²) in [5.41, 5.74) is 3.19. The van der Waals surface area contributed by atoms with Crippen molar-refractivity contribution >= 4 is 6.09 Å². The number of hydrogen-bond donors (Lipinski definition) is 1. The van der Waals surface area contributed by atoms with Crippen LogP contribution in [0.3, 0.4) is 0 Å². The summed E-state index contributed by atoms with van der Waals surface area (Å²) in [5.74, 6) is 0.573. The number of hydrogen-bond acceptors (Lipinski definition) is 3. The first kappa shape index (κ1) is 14.4. The van der Waals surface area contributed by atoms with Gasteiger partial charge in [-0.15, -0.1) is 0 Å². The van der Waals surface area contributed by atoms with E-state index in [2.05, 4.69) is 10.2 Å². The molecule has 1 saturated carbocycles. The zero-order chi connectivity index (χ0) is 15.0. The molecule has 0 bridgehead atoms. The molecule has 1 aromatic rings. The lowest BCUT2D eigenvalue weighted by atomic mass is 9.96. The second-order valence-corrected chi connectivity index (χ2v) is 7.20. The average molecular weight is 291 g/mol. The Morgan fingerprint density at radius 3 is 2.71 bits per heavy atom. The van der Waals surface area contributed by atoms with Crippen LogP contribution in [0.15, 0.2) is 0 Å². The van der Waals surface area contributed by atoms with E-state index >= 15 is 0 Å². The zero-order valence-electron chi connectivity index (χ0n) is 13.2. The fourth-order valence-electron chi connectivity index (χ4n) is 3.34. The Kier molecular flexibility index (Phi) is 3.68. The number of carbonyl (C=O) groups is 1. The van der Waals surface area contributed by atoms with Crippen molar-refractivity contribution in [2.75, 3.05) is 6.54 Å². The Morgan fingerprint density at radius 2 is 2.05 bits per heavy atom. The highest BCUT2D eigenvalue weighted by Gasteiger charge is 2.31. The van der Waals surface area contributed by atoms with Crippen LogP contribution in [0.5, 0.6) is 0 Å². The highest BCUT2D eigenvalue weighted by atomic mass is 16.6. The SMILES string of the molecule is CC(C)(C)OC(=O)N1CCc2[nH]nc(C3CCCC3)c2C1. The van der Waals surface area contributed by atoms with E-state index in [1.807, 2.05) is 25.7 Å². The van der Waals surface area contributed by atoms with Crippen LogP contribution >= 0.6 is 0 Å². The summed E-state index contributed by atoms with van der Waals surface area (Å²) in [6.07, 6.45) is 5.66. The number of nitrogens with one attached hydrogen (secondary N) is 1. The lowest BCUT2D eigenvalue weighted by Crippen LogP contribution is -2.40. The van der Waals surface area contributed by atoms with E-state index in [1.165, 1.54) is 42.6 Å². The van der Waals surface area contributed by atoms with Gasteiger partial charge in [0, 0.05) is 30.1 Å². The van der Waals surface area contributed by atoms with Crippen LogP contribution in [0.25, 0.3) is 0 Å². The largest absolute Gasteiger partial charge is 0.444 e. The van der Waals surface area contributed by atoms with Gasteiger partial charge in [-0.25, -0.2) is 4.79 Å². The van der Waals surface area contributed by atoms with E-state index in [4.69, 9.17) is 4.74 Å². The highest BCUT2D eigenvalue weighted by Crippen LogP contribution is 2.37. The monoisotopic (exact) mass is 291 g/mol. The summed E-state index contributed by atoms with van der Waals surface area (Å²) >= 11 is 0. The molecule has 2 heterocycles. The maximum absolute atomic E-state index is 12.3. The molecule has 1 aliphatic heterocycles. The summed E-state index contributed by atoms with van der Waals surface area (Å²) < 4.78 is 5.49. The van der Waals surface area contributed by atoms with Gasteiger partial charge in [-0.3, -0.25) is 5.10 Å². The minimum Gasteiger partial charge on any atom is -0.444 e. The second-order valence-electron chi connectivity index (χ2n) is 7.20. The number of aromatic amines is 1. The van der Waals surface area contributed by atoms with E-state index in [0.717, 1.165) is 6.42 Å². The van der Waals surface area contributed by atoms with Gasteiger partial charge in [-0.2, -0.15) is 5.10 Å². The number of fused-ring (bicyclic) bond motifs is 1. The Labute approximate surface area is 126 Å². The molecule has 21 heavy (non-hydrogen) atoms. The Bertz CT molecular complexity index is 524. The van der Waals surface area contributed by atoms with Crippen LogP contribution in [-0.4, -0.2) is 33.3 Å². The van der Waals surface area contributed by atoms with Crippen LogP contribution in [-0.2, 0) is 17.7 Å². The fourth-order valence-corrected chi connectivity index (χ4v) is 3.34. The number of rotatable bonds is 1. The second kappa shape index (κ2) is 5.35. The molecule has 0 spiro atoms. The predicted molar refractivity (Wildman–Crippen MR) is 80.1 cm³/mol. The molecule has 0 aromatic carbocycles. The third kappa shape index (κ3) is 3.06. The normalized spacial score (nSPS) is 19.7. The van der Waals surface area contributed by atoms with Crippen molar-refractivity contribution < 1.29 is 9.53 Å². The van der Waals surface area contributed by atoms with Crippen molar-refractivity contribution in [3.05, 3.63) is 17.0 Å². The van der Waals surface area contributed by atoms with E-state index in [1.54, 1.807) is 0 Å². The van der Waals surface area contributed by atoms with Crippen molar-refractivity contribution in [3.63, 3.8) is 0 Å². The van der Waals surface area contributed by atoms with Crippen LogP contribution in [0.1, 0.15) is 69.3 Å². The van der Waals surface area contributed by atoms with Gasteiger partial charge >= 0.3 is 6.09 Å². The van der Waals surface area contributed by atoms with Crippen LogP contribution in [0.4, 0.5) is 4.79 Å². The molecule has 0 atom stereocenters. The van der Waals surface area contributed by atoms with Gasteiger partial charge < -0.3 is 9.64 Å². The molecule has 5 heteroatoms. The third-order valence-electron chi connectivity index (χ3n) is 4.36. The molecule has 2 aliphatic rings. The molecule has 0 saturated heterocycles. The summed E-state index contributed by atoms with van der Waals surface area (Å²) in [5, 5.41) is 7.73. The molecule has 0 unspecified atom stereocenters. The lowest BCUT2D eigenvalue weighted by molar-refractivity contribution is 0.0223. The lowest BCUT2D eigenvalue weighted by Gasteiger charge is -2.30. The van der Waals surface area contributed by atoms with Crippen LogP contribution < -0.4 is 0 Å². The highest BCUT2D eigenvalue weighted by molar-refractivity contribution is 5.68. The van der Waals surface area contributed by atoms with Gasteiger partial charge in [-0.05, 0) is 33.6 Å². The molecule has 116 valence electrons. The van der Waals surface area contributed by atoms with Gasteiger partial charge in [0.25, 0.3) is 0 Å². The van der Waals surface area contributed by atoms with Gasteiger partial charge in [0.2, 0.25) is 0 Å². The molecule has 1 N–H and O–H groups in total. The molecular formula is C16H25N3O2. The predicted octanol–water partition coefficient (Wildman–Crippen LogP) is 3.36. The standard InChI is InChI=1S/C16H25N3O2/c1-16(2,3)21-15(20)19-9-8-13-12(10-19)14(18-17-13)11-6-4-5-7-11/h11H,4-10H2,1-3H3,(H,17,18). The Morgan fingerprint density at radius 1 is 1.33 bits per heavy atom. The minimum absolute atomic E-state index is 0.216. The topological polar surface area (TPSA) is 58.2 Å². The van der Waals surface area contributed by atoms with Gasteiger partial charge in [-0.1, -0.05) is 12.8 Å². The zero-order valence-corrected chi connectivity index (χ0v) is 13.2. The number of nitrogens with zero attached hydrogens (tertiary/aromatic N) is 2. The van der Waals surface area contributed by atoms with Crippen molar-refractivity contribution in [2.45, 2.75) is 70.9 Å². The summed E-state index contributed by atoms with van der Waals surface area (Å²) in [6, 6.07) is 0. The summed E-state index contributed by atoms with van der Waals surface area (Å²) in [6.45, 7) is 7.05. The molecule has 0 radical (unpaired) electrons. The first-order valence-electron chi connectivity index (χ1n) is 7.98. The van der Waals surface area contributed by atoms with Gasteiger partial charge in [0.05, 0.1) is 12.2 Å². The van der Waals surface area contributed by atoms with Crippen LogP contribution in [0, 0.1) is 0 Å². The number of amides is 1. The summed E-state index contributed by atoms with van der Waals surface area (Å²) in [7, 11) is 0. The molecule has 3 rings (SSSR count). The molecule has 1 fully saturated rings. The maximum atomic E-state index is 12.3. The van der Waals surface area contributed by atoms with Gasteiger partial charge in [0.15, 0.2) is 0 Å². The molecule has 1 amide bonds. The average Bonchev–Trinajstić information content (AvgIpc) is 3.04. The number of carbonyl (C=O) groups excluding carboxylic acids is 1. The fraction of sp³-hybridized carbons (Fsp3) is 0.750. The first-order valence-corrected chi connectivity index (χ1v) is 7.98. The third-order valence-corrected chi connectivity index (χ3v) is 4.36. The number of aromatic nitrogens is 2. The molecule has 1 aromatic heterocycles. The van der Waals surface area contributed by atoms with E-state index < -0.39 is 5.60 Å². The Hall–Kier alpha value is -1.52. The maximum Gasteiger partial charge on any atom is 0.410 e. The molecule has 1 aliphatic carbocycles. The van der Waals surface area contributed by atoms with Crippen molar-refractivity contribution in [2.24, 2.45) is 0 Å². The Balaban J connectivity index is 1.75. The van der Waals surface area contributed by atoms with Crippen molar-refractivity contribution in [1.82, 2.24) is 15.1 Å². The van der Waals surface area contributed by atoms with E-state index in [-0.39, 0.29) is 6.09 Å². The van der Waals surface area contributed by atoms with E-state index in [9.17, 15) is 4.79 Å². The first-order chi connectivity index (χ1) is 9.94. The molecule has 5 nitrogen and oxygen atoms in total. The summed E-state index contributed by atoms with van der Waals surface area (Å²) in [4.78, 5) is 14.1.